The molecule has 25 heavy (non-hydrogen) atoms. The van der Waals surface area contributed by atoms with Crippen LogP contribution in [0.5, 0.6) is 0 Å². The van der Waals surface area contributed by atoms with Gasteiger partial charge in [-0.25, -0.2) is 4.98 Å². The molecule has 0 saturated heterocycles. The van der Waals surface area contributed by atoms with Gasteiger partial charge in [0, 0.05) is 17.0 Å². The van der Waals surface area contributed by atoms with Gasteiger partial charge in [-0.1, -0.05) is 6.07 Å². The number of carbonyl (C=O) groups is 2. The predicted molar refractivity (Wildman–Crippen MR) is 87.1 cm³/mol. The van der Waals surface area contributed by atoms with Crippen LogP contribution in [0.3, 0.4) is 0 Å². The smallest absolute Gasteiger partial charge is 0.282 e. The van der Waals surface area contributed by atoms with Crippen LogP contribution in [0.25, 0.3) is 10.6 Å². The van der Waals surface area contributed by atoms with Gasteiger partial charge in [-0.15, -0.1) is 11.3 Å². The highest BCUT2D eigenvalue weighted by molar-refractivity contribution is 7.13. The number of amides is 2. The number of carbonyl (C=O) groups excluding carboxylic acids is 2. The third-order valence-corrected chi connectivity index (χ3v) is 4.75. The second-order valence-electron chi connectivity index (χ2n) is 5.31. The molecule has 2 aromatic heterocycles. The SMILES string of the molecule is O=C1c2cccc([N+](=O)[O-])c2C(=O)N1Cc1csc(-c2ccoc2)n1. The van der Waals surface area contributed by atoms with E-state index in [1.54, 1.807) is 17.7 Å². The number of hydrogen-bond donors (Lipinski definition) is 0. The monoisotopic (exact) mass is 355 g/mol. The second kappa shape index (κ2) is 5.64. The summed E-state index contributed by atoms with van der Waals surface area (Å²) in [7, 11) is 0. The van der Waals surface area contributed by atoms with Gasteiger partial charge in [0.15, 0.2) is 0 Å². The van der Waals surface area contributed by atoms with Crippen LogP contribution < -0.4 is 0 Å². The molecule has 8 nitrogen and oxygen atoms in total. The van der Waals surface area contributed by atoms with Gasteiger partial charge in [0.05, 0.1) is 29.0 Å². The molecule has 9 heteroatoms. The summed E-state index contributed by atoms with van der Waals surface area (Å²) in [6, 6.07) is 5.79. The van der Waals surface area contributed by atoms with Gasteiger partial charge < -0.3 is 4.42 Å². The van der Waals surface area contributed by atoms with Gasteiger partial charge >= 0.3 is 0 Å². The minimum absolute atomic E-state index is 0.0438. The zero-order valence-corrected chi connectivity index (χ0v) is 13.4. The highest BCUT2D eigenvalue weighted by atomic mass is 32.1. The van der Waals surface area contributed by atoms with Crippen molar-refractivity contribution in [1.29, 1.82) is 0 Å². The number of benzene rings is 1. The highest BCUT2D eigenvalue weighted by Crippen LogP contribution is 2.32. The summed E-state index contributed by atoms with van der Waals surface area (Å²) >= 11 is 1.36. The largest absolute Gasteiger partial charge is 0.472 e. The molecule has 0 aliphatic carbocycles. The van der Waals surface area contributed by atoms with E-state index in [2.05, 4.69) is 4.98 Å². The van der Waals surface area contributed by atoms with Gasteiger partial charge in [-0.2, -0.15) is 0 Å². The summed E-state index contributed by atoms with van der Waals surface area (Å²) in [6.07, 6.45) is 3.08. The first-order valence-corrected chi connectivity index (χ1v) is 8.05. The van der Waals surface area contributed by atoms with Crippen LogP contribution in [0.15, 0.2) is 46.6 Å². The Morgan fingerprint density at radius 2 is 2.08 bits per heavy atom. The van der Waals surface area contributed by atoms with Crippen molar-refractivity contribution in [2.24, 2.45) is 0 Å². The number of aromatic nitrogens is 1. The van der Waals surface area contributed by atoms with Crippen LogP contribution in [0.4, 0.5) is 5.69 Å². The molecule has 0 unspecified atom stereocenters. The van der Waals surface area contributed by atoms with Crippen molar-refractivity contribution in [3.05, 3.63) is 69.1 Å². The number of furan rings is 1. The summed E-state index contributed by atoms with van der Waals surface area (Å²) in [5.74, 6) is -1.23. The first kappa shape index (κ1) is 15.2. The molecule has 124 valence electrons. The van der Waals surface area contributed by atoms with E-state index in [4.69, 9.17) is 4.42 Å². The molecule has 1 aliphatic heterocycles. The van der Waals surface area contributed by atoms with E-state index in [1.807, 2.05) is 0 Å². The number of nitrogens with zero attached hydrogens (tertiary/aromatic N) is 3. The molecule has 0 saturated carbocycles. The summed E-state index contributed by atoms with van der Waals surface area (Å²) < 4.78 is 5.01. The summed E-state index contributed by atoms with van der Waals surface area (Å²) in [6.45, 7) is -0.0438. The molecule has 0 atom stereocenters. The molecule has 0 bridgehead atoms. The fourth-order valence-electron chi connectivity index (χ4n) is 2.67. The Hall–Kier alpha value is -3.33. The fourth-order valence-corrected chi connectivity index (χ4v) is 3.47. The topological polar surface area (TPSA) is 107 Å². The average molecular weight is 355 g/mol. The van der Waals surface area contributed by atoms with E-state index in [0.29, 0.717) is 10.7 Å². The van der Waals surface area contributed by atoms with Crippen molar-refractivity contribution in [2.75, 3.05) is 0 Å². The lowest BCUT2D eigenvalue weighted by atomic mass is 10.1. The molecular weight excluding hydrogens is 346 g/mol. The normalized spacial score (nSPS) is 13.4. The molecule has 2 amide bonds. The fraction of sp³-hybridized carbons (Fsp3) is 0.0625. The predicted octanol–water partition coefficient (Wildman–Crippen LogP) is 3.11. The van der Waals surface area contributed by atoms with Gasteiger partial charge in [0.25, 0.3) is 17.5 Å². The minimum Gasteiger partial charge on any atom is -0.472 e. The second-order valence-corrected chi connectivity index (χ2v) is 6.17. The maximum absolute atomic E-state index is 12.5. The van der Waals surface area contributed by atoms with Gasteiger partial charge in [0.1, 0.15) is 16.8 Å². The van der Waals surface area contributed by atoms with Crippen LogP contribution in [0.1, 0.15) is 26.4 Å². The summed E-state index contributed by atoms with van der Waals surface area (Å²) in [5, 5.41) is 13.6. The zero-order valence-electron chi connectivity index (χ0n) is 12.5. The lowest BCUT2D eigenvalue weighted by molar-refractivity contribution is -0.385. The Morgan fingerprint density at radius 3 is 2.80 bits per heavy atom. The van der Waals surface area contributed by atoms with Gasteiger partial charge in [-0.05, 0) is 12.1 Å². The first-order chi connectivity index (χ1) is 12.1. The molecule has 0 spiro atoms. The molecule has 0 fully saturated rings. The quantitative estimate of drug-likeness (QED) is 0.404. The van der Waals surface area contributed by atoms with Crippen molar-refractivity contribution in [3.63, 3.8) is 0 Å². The van der Waals surface area contributed by atoms with E-state index in [9.17, 15) is 19.7 Å². The number of nitro groups is 1. The molecule has 0 radical (unpaired) electrons. The maximum atomic E-state index is 12.5. The zero-order chi connectivity index (χ0) is 17.6. The lowest BCUT2D eigenvalue weighted by Crippen LogP contribution is -2.29. The van der Waals surface area contributed by atoms with Crippen LogP contribution in [0, 0.1) is 10.1 Å². The Bertz CT molecular complexity index is 1010. The number of nitro benzene ring substituents is 1. The van der Waals surface area contributed by atoms with Crippen LogP contribution in [0.2, 0.25) is 0 Å². The van der Waals surface area contributed by atoms with Crippen molar-refractivity contribution in [2.45, 2.75) is 6.54 Å². The van der Waals surface area contributed by atoms with E-state index in [0.717, 1.165) is 10.5 Å². The molecule has 4 rings (SSSR count). The Balaban J connectivity index is 1.65. The third-order valence-electron chi connectivity index (χ3n) is 3.81. The molecule has 0 N–H and O–H groups in total. The maximum Gasteiger partial charge on any atom is 0.282 e. The molecular formula is C16H9N3O5S. The van der Waals surface area contributed by atoms with Crippen molar-refractivity contribution in [1.82, 2.24) is 9.88 Å². The first-order valence-electron chi connectivity index (χ1n) is 7.17. The number of fused-ring (bicyclic) bond motifs is 1. The lowest BCUT2D eigenvalue weighted by Gasteiger charge is -2.11. The standard InChI is InChI=1S/C16H9N3O5S/c20-15-11-2-1-3-12(19(22)23)13(11)16(21)18(15)6-10-8-25-14(17-10)9-4-5-24-7-9/h1-5,7-8H,6H2. The van der Waals surface area contributed by atoms with Crippen molar-refractivity contribution < 1.29 is 18.9 Å². The van der Waals surface area contributed by atoms with E-state index < -0.39 is 16.7 Å². The molecule has 3 heterocycles. The van der Waals surface area contributed by atoms with E-state index in [1.165, 1.54) is 35.8 Å². The minimum atomic E-state index is -0.676. The summed E-state index contributed by atoms with van der Waals surface area (Å²) in [4.78, 5) is 40.8. The third kappa shape index (κ3) is 2.41. The molecule has 1 aliphatic rings. The van der Waals surface area contributed by atoms with Crippen LogP contribution in [-0.2, 0) is 6.54 Å². The Labute approximate surface area is 144 Å². The molecule has 1 aromatic carbocycles. The Morgan fingerprint density at radius 1 is 1.24 bits per heavy atom. The molecule has 3 aromatic rings. The van der Waals surface area contributed by atoms with Gasteiger partial charge in [-0.3, -0.25) is 24.6 Å². The van der Waals surface area contributed by atoms with Crippen LogP contribution >= 0.6 is 11.3 Å². The summed E-state index contributed by atoms with van der Waals surface area (Å²) in [5.41, 5.74) is 0.843. The van der Waals surface area contributed by atoms with Gasteiger partial charge in [0.2, 0.25) is 0 Å². The Kier molecular flexibility index (Phi) is 3.43. The van der Waals surface area contributed by atoms with E-state index >= 15 is 0 Å². The number of thiazole rings is 1. The van der Waals surface area contributed by atoms with Crippen molar-refractivity contribution >= 4 is 28.8 Å². The van der Waals surface area contributed by atoms with E-state index in [-0.39, 0.29) is 23.4 Å². The number of imide groups is 1. The highest BCUT2D eigenvalue weighted by Gasteiger charge is 2.41. The number of hydrogen-bond acceptors (Lipinski definition) is 7. The number of rotatable bonds is 4. The average Bonchev–Trinajstić information content (AvgIpc) is 3.32. The van der Waals surface area contributed by atoms with Crippen molar-refractivity contribution in [3.8, 4) is 10.6 Å². The van der Waals surface area contributed by atoms with Crippen LogP contribution in [-0.4, -0.2) is 26.6 Å².